The highest BCUT2D eigenvalue weighted by atomic mass is 16.5. The SMILES string of the molecule is COc1ccc([C@@H]2CC(=O)C3=C(C2)Nc2ccccc2N(C(=O)CCC(=O)O)[C@H]3c2ccc(C(C)=O)cc2)cc1OC. The molecule has 216 valence electrons. The normalized spacial score (nSPS) is 17.9. The maximum atomic E-state index is 14.1. The van der Waals surface area contributed by atoms with Crippen LogP contribution in [0.25, 0.3) is 0 Å². The Morgan fingerprint density at radius 1 is 0.905 bits per heavy atom. The van der Waals surface area contributed by atoms with Crippen molar-refractivity contribution in [1.29, 1.82) is 0 Å². The molecule has 3 aromatic carbocycles. The van der Waals surface area contributed by atoms with Crippen molar-refractivity contribution in [1.82, 2.24) is 0 Å². The summed E-state index contributed by atoms with van der Waals surface area (Å²) in [6.45, 7) is 1.47. The largest absolute Gasteiger partial charge is 0.493 e. The number of hydrogen-bond acceptors (Lipinski definition) is 7. The van der Waals surface area contributed by atoms with Crippen molar-refractivity contribution in [3.05, 3.63) is 94.7 Å². The van der Waals surface area contributed by atoms with Crippen LogP contribution in [-0.4, -0.2) is 42.8 Å². The minimum atomic E-state index is -1.08. The average molecular weight is 569 g/mol. The Balaban J connectivity index is 1.66. The number of amides is 1. The van der Waals surface area contributed by atoms with Gasteiger partial charge in [0.1, 0.15) is 0 Å². The molecular formula is C33H32N2O7. The predicted molar refractivity (Wildman–Crippen MR) is 157 cm³/mol. The van der Waals surface area contributed by atoms with Crippen LogP contribution in [0, 0.1) is 0 Å². The fourth-order valence-corrected chi connectivity index (χ4v) is 5.76. The van der Waals surface area contributed by atoms with E-state index in [4.69, 9.17) is 9.47 Å². The molecule has 0 fully saturated rings. The van der Waals surface area contributed by atoms with Gasteiger partial charge in [-0.05, 0) is 54.7 Å². The molecule has 42 heavy (non-hydrogen) atoms. The number of anilines is 2. The Labute approximate surface area is 243 Å². The van der Waals surface area contributed by atoms with E-state index in [1.807, 2.05) is 30.3 Å². The molecule has 9 heteroatoms. The molecule has 2 atom stereocenters. The van der Waals surface area contributed by atoms with Crippen LogP contribution in [0.4, 0.5) is 11.4 Å². The fraction of sp³-hybridized carbons (Fsp3) is 0.273. The Bertz CT molecular complexity index is 1590. The van der Waals surface area contributed by atoms with E-state index in [1.165, 1.54) is 11.8 Å². The van der Waals surface area contributed by atoms with Crippen molar-refractivity contribution in [3.63, 3.8) is 0 Å². The Morgan fingerprint density at radius 2 is 1.60 bits per heavy atom. The van der Waals surface area contributed by atoms with E-state index >= 15 is 0 Å². The molecule has 1 aliphatic heterocycles. The molecule has 0 saturated carbocycles. The van der Waals surface area contributed by atoms with Gasteiger partial charge in [0.2, 0.25) is 5.91 Å². The third-order valence-corrected chi connectivity index (χ3v) is 7.82. The lowest BCUT2D eigenvalue weighted by molar-refractivity contribution is -0.138. The number of carboxylic acid groups (broad SMARTS) is 1. The molecule has 0 radical (unpaired) electrons. The Morgan fingerprint density at radius 3 is 2.26 bits per heavy atom. The highest BCUT2D eigenvalue weighted by Crippen LogP contribution is 2.48. The second-order valence-corrected chi connectivity index (χ2v) is 10.4. The van der Waals surface area contributed by atoms with Crippen LogP contribution in [0.15, 0.2) is 78.0 Å². The quantitative estimate of drug-likeness (QED) is 0.333. The van der Waals surface area contributed by atoms with Gasteiger partial charge in [-0.1, -0.05) is 42.5 Å². The number of methoxy groups -OCH3 is 2. The summed E-state index contributed by atoms with van der Waals surface area (Å²) in [6, 6.07) is 18.9. The lowest BCUT2D eigenvalue weighted by atomic mass is 9.78. The highest BCUT2D eigenvalue weighted by Gasteiger charge is 2.41. The van der Waals surface area contributed by atoms with Gasteiger partial charge in [-0.2, -0.15) is 0 Å². The molecule has 5 rings (SSSR count). The number of nitrogens with zero attached hydrogens (tertiary/aromatic N) is 1. The van der Waals surface area contributed by atoms with Crippen molar-refractivity contribution < 1.29 is 33.8 Å². The van der Waals surface area contributed by atoms with Crippen molar-refractivity contribution >= 4 is 34.8 Å². The van der Waals surface area contributed by atoms with Crippen LogP contribution in [-0.2, 0) is 14.4 Å². The number of ether oxygens (including phenoxy) is 2. The molecule has 0 spiro atoms. The summed E-state index contributed by atoms with van der Waals surface area (Å²) in [6.07, 6.45) is 0.106. The number of hydrogen-bond donors (Lipinski definition) is 2. The van der Waals surface area contributed by atoms with Gasteiger partial charge < -0.3 is 19.9 Å². The Hall–Kier alpha value is -4.92. The number of carbonyl (C=O) groups is 4. The number of allylic oxidation sites excluding steroid dienone is 1. The standard InChI is InChI=1S/C33H32N2O7/c1-19(36)20-8-10-21(11-9-20)33-32-25(16-23(17-27(32)37)22-12-13-28(41-2)29(18-22)42-3)34-24-6-4-5-7-26(24)35(33)30(38)14-15-31(39)40/h4-13,18,23,33-34H,14-17H2,1-3H3,(H,39,40)/t23-,33-/m0/s1. The summed E-state index contributed by atoms with van der Waals surface area (Å²) in [5.41, 5.74) is 4.38. The van der Waals surface area contributed by atoms with E-state index in [9.17, 15) is 24.3 Å². The number of carboxylic acids is 1. The Kier molecular flexibility index (Phi) is 8.10. The number of para-hydroxylation sites is 2. The third-order valence-electron chi connectivity index (χ3n) is 7.82. The second-order valence-electron chi connectivity index (χ2n) is 10.4. The first-order chi connectivity index (χ1) is 20.2. The maximum Gasteiger partial charge on any atom is 0.303 e. The first-order valence-corrected chi connectivity index (χ1v) is 13.7. The summed E-state index contributed by atoms with van der Waals surface area (Å²) in [7, 11) is 3.13. The molecule has 2 N–H and O–H groups in total. The minimum Gasteiger partial charge on any atom is -0.493 e. The van der Waals surface area contributed by atoms with Crippen molar-refractivity contribution in [2.24, 2.45) is 0 Å². The summed E-state index contributed by atoms with van der Waals surface area (Å²) in [5, 5.41) is 12.8. The van der Waals surface area contributed by atoms with Gasteiger partial charge in [0.15, 0.2) is 23.1 Å². The number of aliphatic carboxylic acids is 1. The van der Waals surface area contributed by atoms with Crippen LogP contribution < -0.4 is 19.7 Å². The van der Waals surface area contributed by atoms with E-state index in [-0.39, 0.29) is 36.7 Å². The lowest BCUT2D eigenvalue weighted by Crippen LogP contribution is -2.38. The monoisotopic (exact) mass is 568 g/mol. The van der Waals surface area contributed by atoms with Gasteiger partial charge in [0, 0.05) is 29.7 Å². The van der Waals surface area contributed by atoms with Crippen molar-refractivity contribution in [3.8, 4) is 11.5 Å². The van der Waals surface area contributed by atoms with Crippen LogP contribution >= 0.6 is 0 Å². The predicted octanol–water partition coefficient (Wildman–Crippen LogP) is 5.67. The van der Waals surface area contributed by atoms with Crippen LogP contribution in [0.1, 0.15) is 66.1 Å². The fourth-order valence-electron chi connectivity index (χ4n) is 5.76. The number of ketones is 2. The molecule has 1 aliphatic carbocycles. The van der Waals surface area contributed by atoms with Gasteiger partial charge in [0.25, 0.3) is 0 Å². The highest BCUT2D eigenvalue weighted by molar-refractivity contribution is 6.07. The number of benzene rings is 3. The average Bonchev–Trinajstić information content (AvgIpc) is 3.14. The summed E-state index contributed by atoms with van der Waals surface area (Å²) < 4.78 is 10.9. The van der Waals surface area contributed by atoms with Crippen LogP contribution in [0.5, 0.6) is 11.5 Å². The van der Waals surface area contributed by atoms with E-state index in [1.54, 1.807) is 50.6 Å². The van der Waals surface area contributed by atoms with Gasteiger partial charge >= 0.3 is 5.97 Å². The molecule has 3 aromatic rings. The number of fused-ring (bicyclic) bond motifs is 1. The zero-order valence-electron chi connectivity index (χ0n) is 23.7. The topological polar surface area (TPSA) is 122 Å². The smallest absolute Gasteiger partial charge is 0.303 e. The molecule has 1 heterocycles. The first kappa shape index (κ1) is 28.6. The zero-order valence-corrected chi connectivity index (χ0v) is 23.7. The maximum absolute atomic E-state index is 14.1. The van der Waals surface area contributed by atoms with Crippen molar-refractivity contribution in [2.45, 2.75) is 44.6 Å². The number of Topliss-reactive ketones (excluding diaryl/α,β-unsaturated/α-hetero) is 2. The first-order valence-electron chi connectivity index (χ1n) is 13.7. The summed E-state index contributed by atoms with van der Waals surface area (Å²) in [5.74, 6) is -0.738. The van der Waals surface area contributed by atoms with E-state index in [2.05, 4.69) is 5.32 Å². The van der Waals surface area contributed by atoms with Gasteiger partial charge in [-0.15, -0.1) is 0 Å². The molecule has 0 unspecified atom stereocenters. The molecular weight excluding hydrogens is 536 g/mol. The summed E-state index contributed by atoms with van der Waals surface area (Å²) in [4.78, 5) is 52.9. The molecule has 1 amide bonds. The lowest BCUT2D eigenvalue weighted by Gasteiger charge is -2.35. The van der Waals surface area contributed by atoms with Crippen LogP contribution in [0.2, 0.25) is 0 Å². The third kappa shape index (κ3) is 5.50. The van der Waals surface area contributed by atoms with E-state index in [0.29, 0.717) is 51.7 Å². The van der Waals surface area contributed by atoms with Crippen LogP contribution in [0.3, 0.4) is 0 Å². The van der Waals surface area contributed by atoms with E-state index in [0.717, 1.165) is 5.56 Å². The molecule has 0 bridgehead atoms. The minimum absolute atomic E-state index is 0.102. The van der Waals surface area contributed by atoms with Gasteiger partial charge in [-0.3, -0.25) is 24.1 Å². The molecule has 0 aromatic heterocycles. The van der Waals surface area contributed by atoms with Crippen molar-refractivity contribution in [2.75, 3.05) is 24.4 Å². The number of rotatable bonds is 8. The van der Waals surface area contributed by atoms with Gasteiger partial charge in [0.05, 0.1) is 38.1 Å². The molecule has 9 nitrogen and oxygen atoms in total. The van der Waals surface area contributed by atoms with Gasteiger partial charge in [-0.25, -0.2) is 0 Å². The number of nitrogens with one attached hydrogen (secondary N) is 1. The molecule has 0 saturated heterocycles. The van der Waals surface area contributed by atoms with E-state index < -0.39 is 17.9 Å². The summed E-state index contributed by atoms with van der Waals surface area (Å²) >= 11 is 0. The number of carbonyl (C=O) groups excluding carboxylic acids is 3. The molecule has 2 aliphatic rings. The second kappa shape index (κ2) is 11.9. The zero-order chi connectivity index (χ0) is 30.0.